The molecule has 2 aromatic carbocycles. The molecule has 2 rings (SSSR count). The van der Waals surface area contributed by atoms with E-state index in [0.29, 0.717) is 16.7 Å². The van der Waals surface area contributed by atoms with Gasteiger partial charge in [0.05, 0.1) is 16.2 Å². The summed E-state index contributed by atoms with van der Waals surface area (Å²) in [6.07, 6.45) is 0. The van der Waals surface area contributed by atoms with Crippen molar-refractivity contribution in [2.45, 2.75) is 63.9 Å². The first kappa shape index (κ1) is 23.8. The summed E-state index contributed by atoms with van der Waals surface area (Å²) in [7, 11) is -4.21. The van der Waals surface area contributed by atoms with Crippen molar-refractivity contribution < 1.29 is 22.7 Å². The van der Waals surface area contributed by atoms with Gasteiger partial charge in [0.25, 0.3) is 10.0 Å². The van der Waals surface area contributed by atoms with E-state index >= 15 is 0 Å². The van der Waals surface area contributed by atoms with Crippen LogP contribution in [0.3, 0.4) is 0 Å². The van der Waals surface area contributed by atoms with Crippen LogP contribution in [0.4, 0.5) is 14.9 Å². The van der Waals surface area contributed by atoms with Gasteiger partial charge >= 0.3 is 6.03 Å². The smallest absolute Gasteiger partial charge is 0.333 e. The van der Waals surface area contributed by atoms with E-state index in [4.69, 9.17) is 0 Å². The molecule has 0 saturated heterocycles. The van der Waals surface area contributed by atoms with Crippen LogP contribution in [0.25, 0.3) is 0 Å². The Bertz CT molecular complexity index is 1040. The van der Waals surface area contributed by atoms with Crippen molar-refractivity contribution in [2.75, 3.05) is 5.32 Å². The fourth-order valence-electron chi connectivity index (χ4n) is 3.16. The lowest BCUT2D eigenvalue weighted by atomic mass is 9.92. The third-order valence-electron chi connectivity index (χ3n) is 4.74. The lowest BCUT2D eigenvalue weighted by molar-refractivity contribution is 0.0784. The Labute approximate surface area is 177 Å². The molecule has 0 aliphatic rings. The van der Waals surface area contributed by atoms with E-state index in [1.165, 1.54) is 38.1 Å². The van der Waals surface area contributed by atoms with Crippen molar-refractivity contribution in [3.05, 3.63) is 58.9 Å². The predicted octanol–water partition coefficient (Wildman–Crippen LogP) is 4.81. The molecule has 0 fully saturated rings. The van der Waals surface area contributed by atoms with Gasteiger partial charge in [0.15, 0.2) is 0 Å². The lowest BCUT2D eigenvalue weighted by Gasteiger charge is -2.21. The zero-order chi connectivity index (χ0) is 22.9. The highest BCUT2D eigenvalue weighted by atomic mass is 32.2. The molecule has 8 heteroatoms. The van der Waals surface area contributed by atoms with Crippen LogP contribution >= 0.6 is 0 Å². The van der Waals surface area contributed by atoms with Gasteiger partial charge in [-0.05, 0) is 55.0 Å². The summed E-state index contributed by atoms with van der Waals surface area (Å²) in [5.74, 6) is -0.706. The van der Waals surface area contributed by atoms with Crippen LogP contribution in [0.1, 0.15) is 70.1 Å². The molecule has 0 aliphatic heterocycles. The van der Waals surface area contributed by atoms with E-state index in [9.17, 15) is 22.7 Å². The number of hydrogen-bond acceptors (Lipinski definition) is 4. The van der Waals surface area contributed by atoms with Gasteiger partial charge in [-0.2, -0.15) is 0 Å². The maximum Gasteiger partial charge on any atom is 0.333 e. The second kappa shape index (κ2) is 8.73. The molecule has 0 unspecified atom stereocenters. The van der Waals surface area contributed by atoms with Crippen molar-refractivity contribution in [1.82, 2.24) is 4.72 Å². The Morgan fingerprint density at radius 1 is 1.07 bits per heavy atom. The van der Waals surface area contributed by atoms with Crippen LogP contribution in [-0.2, 0) is 15.6 Å². The van der Waals surface area contributed by atoms with Crippen molar-refractivity contribution >= 4 is 21.7 Å². The minimum Gasteiger partial charge on any atom is -0.386 e. The number of amides is 2. The molecular formula is C22H29FN2O4S. The average Bonchev–Trinajstić information content (AvgIpc) is 2.60. The van der Waals surface area contributed by atoms with Crippen LogP contribution < -0.4 is 10.0 Å². The Morgan fingerprint density at radius 3 is 2.23 bits per heavy atom. The molecule has 0 aromatic heterocycles. The summed E-state index contributed by atoms with van der Waals surface area (Å²) in [6.45, 7) is 10.5. The SMILES string of the molecule is CC(C)c1ccc(F)c(C(C)C)c1NC(=O)NS(=O)(=O)c1cccc(C(C)(C)O)c1. The second-order valence-electron chi connectivity index (χ2n) is 8.38. The van der Waals surface area contributed by atoms with Crippen LogP contribution in [0.15, 0.2) is 41.3 Å². The topological polar surface area (TPSA) is 95.5 Å². The summed E-state index contributed by atoms with van der Waals surface area (Å²) in [5.41, 5.74) is 0.445. The summed E-state index contributed by atoms with van der Waals surface area (Å²) in [5, 5.41) is 12.7. The predicted molar refractivity (Wildman–Crippen MR) is 116 cm³/mol. The monoisotopic (exact) mass is 436 g/mol. The van der Waals surface area contributed by atoms with Gasteiger partial charge in [-0.15, -0.1) is 0 Å². The Kier molecular flexibility index (Phi) is 6.94. The molecule has 0 aliphatic carbocycles. The van der Waals surface area contributed by atoms with Gasteiger partial charge in [0.2, 0.25) is 0 Å². The molecule has 30 heavy (non-hydrogen) atoms. The largest absolute Gasteiger partial charge is 0.386 e. The standard InChI is InChI=1S/C22H29FN2O4S/c1-13(2)17-10-11-18(23)19(14(3)4)20(17)24-21(26)25-30(28,29)16-9-7-8-15(12-16)22(5,6)27/h7-14,27H,1-6H3,(H2,24,25,26). The van der Waals surface area contributed by atoms with Crippen molar-refractivity contribution in [3.63, 3.8) is 0 Å². The van der Waals surface area contributed by atoms with E-state index in [1.807, 2.05) is 18.6 Å². The van der Waals surface area contributed by atoms with Crippen LogP contribution in [0, 0.1) is 5.82 Å². The highest BCUT2D eigenvalue weighted by molar-refractivity contribution is 7.90. The number of carbonyl (C=O) groups is 1. The van der Waals surface area contributed by atoms with Crippen molar-refractivity contribution in [1.29, 1.82) is 0 Å². The lowest BCUT2D eigenvalue weighted by Crippen LogP contribution is -2.35. The van der Waals surface area contributed by atoms with Crippen LogP contribution in [0.2, 0.25) is 0 Å². The van der Waals surface area contributed by atoms with Gasteiger partial charge in [-0.1, -0.05) is 45.9 Å². The second-order valence-corrected chi connectivity index (χ2v) is 10.1. The van der Waals surface area contributed by atoms with E-state index in [1.54, 1.807) is 26.0 Å². The maximum absolute atomic E-state index is 14.4. The fourth-order valence-corrected chi connectivity index (χ4v) is 4.11. The number of anilines is 1. The zero-order valence-corrected chi connectivity index (χ0v) is 18.9. The number of aliphatic hydroxyl groups is 1. The molecule has 2 aromatic rings. The van der Waals surface area contributed by atoms with Gasteiger partial charge < -0.3 is 10.4 Å². The molecule has 0 bridgehead atoms. The maximum atomic E-state index is 14.4. The van der Waals surface area contributed by atoms with Crippen molar-refractivity contribution in [2.24, 2.45) is 0 Å². The molecule has 3 N–H and O–H groups in total. The molecule has 2 amide bonds. The highest BCUT2D eigenvalue weighted by Gasteiger charge is 2.24. The van der Waals surface area contributed by atoms with E-state index in [0.717, 1.165) is 0 Å². The number of nitrogens with one attached hydrogen (secondary N) is 2. The Balaban J connectivity index is 2.37. The molecule has 0 saturated carbocycles. The first-order chi connectivity index (χ1) is 13.7. The van der Waals surface area contributed by atoms with Crippen LogP contribution in [-0.4, -0.2) is 19.6 Å². The number of urea groups is 1. The summed E-state index contributed by atoms with van der Waals surface area (Å²) in [6, 6.07) is 7.66. The van der Waals surface area contributed by atoms with Crippen LogP contribution in [0.5, 0.6) is 0 Å². The number of rotatable bonds is 6. The fraction of sp³-hybridized carbons (Fsp3) is 0.409. The number of benzene rings is 2. The molecule has 164 valence electrons. The number of halogens is 1. The molecule has 0 radical (unpaired) electrons. The molecule has 0 heterocycles. The average molecular weight is 437 g/mol. The van der Waals surface area contributed by atoms with Crippen molar-refractivity contribution in [3.8, 4) is 0 Å². The number of sulfonamides is 1. The normalized spacial score (nSPS) is 12.3. The van der Waals surface area contributed by atoms with Gasteiger partial charge in [0, 0.05) is 5.56 Å². The van der Waals surface area contributed by atoms with Gasteiger partial charge in [-0.25, -0.2) is 22.3 Å². The van der Waals surface area contributed by atoms with Gasteiger partial charge in [0.1, 0.15) is 5.82 Å². The quantitative estimate of drug-likeness (QED) is 0.605. The number of hydrogen-bond donors (Lipinski definition) is 3. The molecule has 0 spiro atoms. The third kappa shape index (κ3) is 5.37. The zero-order valence-electron chi connectivity index (χ0n) is 18.1. The van der Waals surface area contributed by atoms with E-state index in [2.05, 4.69) is 5.32 Å². The molecule has 0 atom stereocenters. The summed E-state index contributed by atoms with van der Waals surface area (Å²) in [4.78, 5) is 12.4. The minimum atomic E-state index is -4.21. The molecule has 6 nitrogen and oxygen atoms in total. The Morgan fingerprint density at radius 2 is 1.70 bits per heavy atom. The summed E-state index contributed by atoms with van der Waals surface area (Å²) >= 11 is 0. The minimum absolute atomic E-state index is 0.0153. The first-order valence-electron chi connectivity index (χ1n) is 9.73. The first-order valence-corrected chi connectivity index (χ1v) is 11.2. The highest BCUT2D eigenvalue weighted by Crippen LogP contribution is 2.34. The third-order valence-corrected chi connectivity index (χ3v) is 6.07. The van der Waals surface area contributed by atoms with Gasteiger partial charge in [-0.3, -0.25) is 0 Å². The molecular weight excluding hydrogens is 407 g/mol. The van der Waals surface area contributed by atoms with E-state index in [-0.39, 0.29) is 22.4 Å². The van der Waals surface area contributed by atoms with E-state index < -0.39 is 27.5 Å². The summed E-state index contributed by atoms with van der Waals surface area (Å²) < 4.78 is 41.8. The number of carbonyl (C=O) groups excluding carboxylic acids is 1. The Hall–Kier alpha value is -2.45.